The number of halogens is 3. The van der Waals surface area contributed by atoms with Crippen LogP contribution < -0.4 is 4.90 Å². The molecule has 0 heterocycles. The van der Waals surface area contributed by atoms with Gasteiger partial charge in [0.25, 0.3) is 0 Å². The Morgan fingerprint density at radius 3 is 2.17 bits per heavy atom. The Labute approximate surface area is 104 Å². The maximum Gasteiger partial charge on any atom is 0.395 e. The molecular weight excluding hydrogens is 243 g/mol. The van der Waals surface area contributed by atoms with Gasteiger partial charge in [0.1, 0.15) is 12.2 Å². The van der Waals surface area contributed by atoms with Gasteiger partial charge in [-0.05, 0) is 24.1 Å². The Morgan fingerprint density at radius 1 is 1.17 bits per heavy atom. The zero-order chi connectivity index (χ0) is 13.8. The van der Waals surface area contributed by atoms with E-state index in [2.05, 4.69) is 0 Å². The molecule has 5 heteroatoms. The van der Waals surface area contributed by atoms with Gasteiger partial charge in [-0.15, -0.1) is 0 Å². The summed E-state index contributed by atoms with van der Waals surface area (Å²) in [6.07, 6.45) is -5.45. The molecule has 1 aromatic rings. The first-order valence-electron chi connectivity index (χ1n) is 5.62. The van der Waals surface area contributed by atoms with Crippen molar-refractivity contribution in [2.24, 2.45) is 0 Å². The third kappa shape index (κ3) is 5.21. The Morgan fingerprint density at radius 2 is 1.72 bits per heavy atom. The maximum atomic E-state index is 11.9. The fraction of sp³-hybridized carbons (Fsp3) is 0.462. The predicted molar refractivity (Wildman–Crippen MR) is 64.8 cm³/mol. The van der Waals surface area contributed by atoms with Crippen molar-refractivity contribution in [3.63, 3.8) is 0 Å². The summed E-state index contributed by atoms with van der Waals surface area (Å²) < 4.78 is 35.8. The number of Topliss-reactive ketones (excluding diaryl/α,β-unsaturated/α-hetero) is 1. The van der Waals surface area contributed by atoms with E-state index < -0.39 is 18.4 Å². The number of carbonyl (C=O) groups excluding carboxylic acids is 1. The standard InChI is InChI=1S/C13H16F3NO/c1-17(2)11-6-3-10(4-7-11)5-8-12(18)9-13(14,15)16/h3-4,6-7H,5,8-9H2,1-2H3. The quantitative estimate of drug-likeness (QED) is 0.809. The van der Waals surface area contributed by atoms with Crippen molar-refractivity contribution in [1.29, 1.82) is 0 Å². The summed E-state index contributed by atoms with van der Waals surface area (Å²) in [6, 6.07) is 7.42. The topological polar surface area (TPSA) is 20.3 Å². The minimum atomic E-state index is -4.40. The van der Waals surface area contributed by atoms with Gasteiger partial charge in [0.2, 0.25) is 0 Å². The predicted octanol–water partition coefficient (Wildman–Crippen LogP) is 3.21. The molecule has 1 aromatic carbocycles. The summed E-state index contributed by atoms with van der Waals surface area (Å²) in [4.78, 5) is 13.0. The first-order chi connectivity index (χ1) is 8.28. The second kappa shape index (κ2) is 5.89. The van der Waals surface area contributed by atoms with E-state index in [9.17, 15) is 18.0 Å². The van der Waals surface area contributed by atoms with Crippen LogP contribution in [0.5, 0.6) is 0 Å². The Kier molecular flexibility index (Phi) is 4.76. The van der Waals surface area contributed by atoms with Gasteiger partial charge in [-0.3, -0.25) is 4.79 Å². The lowest BCUT2D eigenvalue weighted by atomic mass is 10.1. The van der Waals surface area contributed by atoms with Crippen LogP contribution in [0.15, 0.2) is 24.3 Å². The number of rotatable bonds is 5. The maximum absolute atomic E-state index is 11.9. The smallest absolute Gasteiger partial charge is 0.378 e. The number of ketones is 1. The van der Waals surface area contributed by atoms with E-state index in [1.165, 1.54) is 0 Å². The highest BCUT2D eigenvalue weighted by Gasteiger charge is 2.30. The first kappa shape index (κ1) is 14.5. The van der Waals surface area contributed by atoms with E-state index in [0.717, 1.165) is 11.3 Å². The summed E-state index contributed by atoms with van der Waals surface area (Å²) in [7, 11) is 3.81. The molecule has 0 bridgehead atoms. The third-order valence-corrected chi connectivity index (χ3v) is 2.54. The zero-order valence-electron chi connectivity index (χ0n) is 10.4. The average molecular weight is 259 g/mol. The second-order valence-electron chi connectivity index (χ2n) is 4.39. The Bertz CT molecular complexity index is 396. The van der Waals surface area contributed by atoms with Gasteiger partial charge in [-0.1, -0.05) is 12.1 Å². The van der Waals surface area contributed by atoms with Crippen LogP contribution >= 0.6 is 0 Å². The molecule has 0 unspecified atom stereocenters. The highest BCUT2D eigenvalue weighted by molar-refractivity contribution is 5.79. The molecule has 0 radical (unpaired) electrons. The number of aryl methyl sites for hydroxylation is 1. The van der Waals surface area contributed by atoms with Gasteiger partial charge in [0.05, 0.1) is 0 Å². The molecule has 18 heavy (non-hydrogen) atoms. The molecule has 0 spiro atoms. The number of carbonyl (C=O) groups is 1. The largest absolute Gasteiger partial charge is 0.395 e. The molecular formula is C13H16F3NO. The van der Waals surface area contributed by atoms with Crippen LogP contribution in [0.25, 0.3) is 0 Å². The van der Waals surface area contributed by atoms with Gasteiger partial charge in [0.15, 0.2) is 0 Å². The van der Waals surface area contributed by atoms with Crippen molar-refractivity contribution < 1.29 is 18.0 Å². The van der Waals surface area contributed by atoms with E-state index in [-0.39, 0.29) is 6.42 Å². The van der Waals surface area contributed by atoms with Gasteiger partial charge < -0.3 is 4.90 Å². The number of hydrogen-bond donors (Lipinski definition) is 0. The fourth-order valence-electron chi connectivity index (χ4n) is 1.56. The van der Waals surface area contributed by atoms with Crippen molar-refractivity contribution in [2.75, 3.05) is 19.0 Å². The summed E-state index contributed by atoms with van der Waals surface area (Å²) in [5, 5.41) is 0. The number of hydrogen-bond acceptors (Lipinski definition) is 2. The van der Waals surface area contributed by atoms with E-state index in [1.807, 2.05) is 43.3 Å². The van der Waals surface area contributed by atoms with Crippen LogP contribution in [0.2, 0.25) is 0 Å². The molecule has 0 N–H and O–H groups in total. The molecule has 100 valence electrons. The van der Waals surface area contributed by atoms with E-state index >= 15 is 0 Å². The van der Waals surface area contributed by atoms with E-state index in [1.54, 1.807) is 0 Å². The number of anilines is 1. The van der Waals surface area contributed by atoms with Crippen molar-refractivity contribution in [3.05, 3.63) is 29.8 Å². The molecule has 2 nitrogen and oxygen atoms in total. The lowest BCUT2D eigenvalue weighted by molar-refractivity contribution is -0.152. The van der Waals surface area contributed by atoms with Crippen LogP contribution in [0.1, 0.15) is 18.4 Å². The molecule has 0 fully saturated rings. The molecule has 0 aromatic heterocycles. The molecule has 0 amide bonds. The van der Waals surface area contributed by atoms with Gasteiger partial charge in [-0.25, -0.2) is 0 Å². The summed E-state index contributed by atoms with van der Waals surface area (Å²) >= 11 is 0. The van der Waals surface area contributed by atoms with E-state index in [0.29, 0.717) is 6.42 Å². The highest BCUT2D eigenvalue weighted by Crippen LogP contribution is 2.21. The van der Waals surface area contributed by atoms with Crippen LogP contribution in [-0.2, 0) is 11.2 Å². The number of benzene rings is 1. The van der Waals surface area contributed by atoms with Crippen LogP contribution in [0, 0.1) is 0 Å². The van der Waals surface area contributed by atoms with Crippen LogP contribution in [-0.4, -0.2) is 26.1 Å². The van der Waals surface area contributed by atoms with Gasteiger partial charge in [0, 0.05) is 26.2 Å². The van der Waals surface area contributed by atoms with Gasteiger partial charge >= 0.3 is 6.18 Å². The molecule has 0 aliphatic rings. The second-order valence-corrected chi connectivity index (χ2v) is 4.39. The molecule has 0 saturated carbocycles. The summed E-state index contributed by atoms with van der Waals surface area (Å²) in [6.45, 7) is 0. The van der Waals surface area contributed by atoms with Crippen LogP contribution in [0.3, 0.4) is 0 Å². The molecule has 0 saturated heterocycles. The first-order valence-corrected chi connectivity index (χ1v) is 5.62. The summed E-state index contributed by atoms with van der Waals surface area (Å²) in [5.74, 6) is -0.765. The lowest BCUT2D eigenvalue weighted by Crippen LogP contribution is -2.15. The van der Waals surface area contributed by atoms with Crippen molar-refractivity contribution in [1.82, 2.24) is 0 Å². The molecule has 0 atom stereocenters. The minimum absolute atomic E-state index is 0.0686. The highest BCUT2D eigenvalue weighted by atomic mass is 19.4. The van der Waals surface area contributed by atoms with Crippen molar-refractivity contribution >= 4 is 11.5 Å². The number of nitrogens with zero attached hydrogens (tertiary/aromatic N) is 1. The minimum Gasteiger partial charge on any atom is -0.378 e. The number of alkyl halides is 3. The normalized spacial score (nSPS) is 11.4. The van der Waals surface area contributed by atoms with Crippen LogP contribution in [0.4, 0.5) is 18.9 Å². The van der Waals surface area contributed by atoms with Crippen molar-refractivity contribution in [3.8, 4) is 0 Å². The van der Waals surface area contributed by atoms with E-state index in [4.69, 9.17) is 0 Å². The lowest BCUT2D eigenvalue weighted by Gasteiger charge is -2.12. The molecule has 1 rings (SSSR count). The monoisotopic (exact) mass is 259 g/mol. The zero-order valence-corrected chi connectivity index (χ0v) is 10.4. The third-order valence-electron chi connectivity index (χ3n) is 2.54. The Hall–Kier alpha value is -1.52. The van der Waals surface area contributed by atoms with Gasteiger partial charge in [-0.2, -0.15) is 13.2 Å². The SMILES string of the molecule is CN(C)c1ccc(CCC(=O)CC(F)(F)F)cc1. The summed E-state index contributed by atoms with van der Waals surface area (Å²) in [5.41, 5.74) is 1.89. The Balaban J connectivity index is 2.46. The fourth-order valence-corrected chi connectivity index (χ4v) is 1.56. The average Bonchev–Trinajstić information content (AvgIpc) is 2.24. The molecule has 0 aliphatic carbocycles. The molecule has 0 aliphatic heterocycles. The van der Waals surface area contributed by atoms with Crippen molar-refractivity contribution in [2.45, 2.75) is 25.4 Å².